The predicted molar refractivity (Wildman–Crippen MR) is 110 cm³/mol. The molecule has 0 N–H and O–H groups in total. The molecule has 4 nitrogen and oxygen atoms in total. The lowest BCUT2D eigenvalue weighted by molar-refractivity contribution is -0.162. The molecule has 4 heteroatoms. The van der Waals surface area contributed by atoms with E-state index in [-0.39, 0.29) is 22.9 Å². The van der Waals surface area contributed by atoms with E-state index in [2.05, 4.69) is 32.8 Å². The van der Waals surface area contributed by atoms with Gasteiger partial charge in [0.1, 0.15) is 11.6 Å². The SMILES string of the molecule is CN(C)CCCO[C@@H]1CC[C@@]2(C)[C@H](C1)C(=O)C[C@@H]1[C@@H]2CC[C@]2(C)C(=O)CC[C@@H]12. The van der Waals surface area contributed by atoms with Gasteiger partial charge in [-0.25, -0.2) is 0 Å². The van der Waals surface area contributed by atoms with Gasteiger partial charge in [0.15, 0.2) is 0 Å². The second-order valence-electron chi connectivity index (χ2n) is 10.9. The molecule has 4 aliphatic rings. The number of fused-ring (bicyclic) bond motifs is 5. The molecule has 4 aliphatic carbocycles. The zero-order valence-corrected chi connectivity index (χ0v) is 18.3. The maximum atomic E-state index is 13.3. The molecule has 0 spiro atoms. The minimum absolute atomic E-state index is 0.121. The molecule has 28 heavy (non-hydrogen) atoms. The van der Waals surface area contributed by atoms with Crippen LogP contribution in [0.1, 0.15) is 71.6 Å². The van der Waals surface area contributed by atoms with Crippen LogP contribution in [0, 0.1) is 34.5 Å². The third kappa shape index (κ3) is 3.29. The highest BCUT2D eigenvalue weighted by atomic mass is 16.5. The Morgan fingerprint density at radius 1 is 1.07 bits per heavy atom. The van der Waals surface area contributed by atoms with Crippen LogP contribution in [0.25, 0.3) is 0 Å². The third-order valence-corrected chi connectivity index (χ3v) is 9.22. The van der Waals surface area contributed by atoms with Gasteiger partial charge in [-0.1, -0.05) is 13.8 Å². The first-order chi connectivity index (χ1) is 13.3. The van der Waals surface area contributed by atoms with Gasteiger partial charge in [-0.3, -0.25) is 9.59 Å². The summed E-state index contributed by atoms with van der Waals surface area (Å²) < 4.78 is 6.19. The number of rotatable bonds is 5. The molecule has 4 saturated carbocycles. The minimum Gasteiger partial charge on any atom is -0.378 e. The lowest BCUT2D eigenvalue weighted by Crippen LogP contribution is -2.57. The third-order valence-electron chi connectivity index (χ3n) is 9.22. The lowest BCUT2D eigenvalue weighted by Gasteiger charge is -2.59. The fourth-order valence-electron chi connectivity index (χ4n) is 7.56. The lowest BCUT2D eigenvalue weighted by atomic mass is 9.45. The molecule has 0 unspecified atom stereocenters. The monoisotopic (exact) mass is 389 g/mol. The molecule has 0 aromatic heterocycles. The molecule has 0 heterocycles. The topological polar surface area (TPSA) is 46.6 Å². The highest BCUT2D eigenvalue weighted by Crippen LogP contribution is 2.64. The molecule has 0 radical (unpaired) electrons. The summed E-state index contributed by atoms with van der Waals surface area (Å²) in [4.78, 5) is 28.0. The summed E-state index contributed by atoms with van der Waals surface area (Å²) >= 11 is 0. The Bertz CT molecular complexity index is 631. The molecule has 0 amide bonds. The van der Waals surface area contributed by atoms with Crippen LogP contribution in [-0.2, 0) is 14.3 Å². The van der Waals surface area contributed by atoms with Crippen molar-refractivity contribution in [1.82, 2.24) is 4.90 Å². The van der Waals surface area contributed by atoms with E-state index in [0.717, 1.165) is 64.5 Å². The number of carbonyl (C=O) groups is 2. The molecular weight excluding hydrogens is 350 g/mol. The number of Topliss-reactive ketones (excluding diaryl/α,β-unsaturated/α-hetero) is 2. The van der Waals surface area contributed by atoms with Gasteiger partial charge in [-0.15, -0.1) is 0 Å². The Balaban J connectivity index is 1.44. The van der Waals surface area contributed by atoms with Crippen molar-refractivity contribution in [3.63, 3.8) is 0 Å². The fraction of sp³-hybridized carbons (Fsp3) is 0.917. The van der Waals surface area contributed by atoms with Gasteiger partial charge in [0.05, 0.1) is 6.10 Å². The second-order valence-corrected chi connectivity index (χ2v) is 10.9. The molecule has 7 atom stereocenters. The summed E-state index contributed by atoms with van der Waals surface area (Å²) in [7, 11) is 4.19. The molecule has 4 rings (SSSR count). The van der Waals surface area contributed by atoms with Crippen molar-refractivity contribution in [2.45, 2.75) is 77.7 Å². The Kier molecular flexibility index (Phi) is 5.50. The van der Waals surface area contributed by atoms with Crippen molar-refractivity contribution < 1.29 is 14.3 Å². The van der Waals surface area contributed by atoms with Gasteiger partial charge in [0.2, 0.25) is 0 Å². The van der Waals surface area contributed by atoms with Crippen molar-refractivity contribution in [3.8, 4) is 0 Å². The molecule has 158 valence electrons. The van der Waals surface area contributed by atoms with Gasteiger partial charge >= 0.3 is 0 Å². The van der Waals surface area contributed by atoms with E-state index >= 15 is 0 Å². The molecule has 0 bridgehead atoms. The number of carbonyl (C=O) groups excluding carboxylic acids is 2. The average molecular weight is 390 g/mol. The van der Waals surface area contributed by atoms with E-state index in [1.165, 1.54) is 0 Å². The molecule has 0 aromatic rings. The van der Waals surface area contributed by atoms with E-state index in [1.54, 1.807) is 0 Å². The fourth-order valence-corrected chi connectivity index (χ4v) is 7.56. The number of nitrogens with zero attached hydrogens (tertiary/aromatic N) is 1. The largest absolute Gasteiger partial charge is 0.378 e. The summed E-state index contributed by atoms with van der Waals surface area (Å²) in [6, 6.07) is 0. The smallest absolute Gasteiger partial charge is 0.139 e. The zero-order valence-electron chi connectivity index (χ0n) is 18.3. The Morgan fingerprint density at radius 2 is 1.86 bits per heavy atom. The Labute approximate surface area is 170 Å². The van der Waals surface area contributed by atoms with Crippen LogP contribution in [0.3, 0.4) is 0 Å². The quantitative estimate of drug-likeness (QED) is 0.664. The molecule has 0 aromatic carbocycles. The van der Waals surface area contributed by atoms with Crippen LogP contribution in [0.2, 0.25) is 0 Å². The average Bonchev–Trinajstić information content (AvgIpc) is 2.95. The Hall–Kier alpha value is -0.740. The van der Waals surface area contributed by atoms with E-state index in [0.29, 0.717) is 35.7 Å². The van der Waals surface area contributed by atoms with Gasteiger partial charge in [-0.2, -0.15) is 0 Å². The van der Waals surface area contributed by atoms with Crippen LogP contribution < -0.4 is 0 Å². The highest BCUT2D eigenvalue weighted by Gasteiger charge is 2.62. The second kappa shape index (κ2) is 7.50. The van der Waals surface area contributed by atoms with Crippen molar-refractivity contribution in [1.29, 1.82) is 0 Å². The number of hydrogen-bond acceptors (Lipinski definition) is 4. The van der Waals surface area contributed by atoms with E-state index in [1.807, 2.05) is 0 Å². The molecular formula is C24H39NO3. The van der Waals surface area contributed by atoms with Gasteiger partial charge < -0.3 is 9.64 Å². The molecule has 0 saturated heterocycles. The highest BCUT2D eigenvalue weighted by molar-refractivity contribution is 5.88. The number of ether oxygens (including phenoxy) is 1. The van der Waals surface area contributed by atoms with Crippen molar-refractivity contribution in [2.75, 3.05) is 27.2 Å². The first kappa shape index (κ1) is 20.5. The van der Waals surface area contributed by atoms with E-state index in [9.17, 15) is 9.59 Å². The summed E-state index contributed by atoms with van der Waals surface area (Å²) in [5.74, 6) is 2.60. The minimum atomic E-state index is -0.141. The number of hydrogen-bond donors (Lipinski definition) is 0. The Morgan fingerprint density at radius 3 is 2.61 bits per heavy atom. The first-order valence-corrected chi connectivity index (χ1v) is 11.6. The number of ketones is 2. The summed E-state index contributed by atoms with van der Waals surface area (Å²) in [6.07, 6.45) is 9.07. The normalized spacial score (nSPS) is 45.7. The van der Waals surface area contributed by atoms with E-state index < -0.39 is 0 Å². The van der Waals surface area contributed by atoms with Gasteiger partial charge in [0, 0.05) is 30.8 Å². The van der Waals surface area contributed by atoms with Crippen LogP contribution in [0.4, 0.5) is 0 Å². The maximum absolute atomic E-state index is 13.3. The molecule has 4 fully saturated rings. The standard InChI is InChI=1S/C24H39NO3/c1-23-10-8-16(28-13-5-12-25(3)4)14-20(23)21(26)15-17-18-6-7-22(27)24(18,2)11-9-19(17)23/h16-20H,5-15H2,1-4H3/t16-,17+,18+,19+,20-,23-,24+/m1/s1. The summed E-state index contributed by atoms with van der Waals surface area (Å²) in [6.45, 7) is 6.44. The van der Waals surface area contributed by atoms with Crippen LogP contribution in [0.15, 0.2) is 0 Å². The van der Waals surface area contributed by atoms with Gasteiger partial charge in [0.25, 0.3) is 0 Å². The van der Waals surface area contributed by atoms with Crippen molar-refractivity contribution >= 4 is 11.6 Å². The van der Waals surface area contributed by atoms with Crippen molar-refractivity contribution in [2.24, 2.45) is 34.5 Å². The maximum Gasteiger partial charge on any atom is 0.139 e. The first-order valence-electron chi connectivity index (χ1n) is 11.6. The predicted octanol–water partition coefficient (Wildman–Crippen LogP) is 4.11. The zero-order chi connectivity index (χ0) is 20.1. The van der Waals surface area contributed by atoms with Crippen LogP contribution >= 0.6 is 0 Å². The van der Waals surface area contributed by atoms with Gasteiger partial charge in [-0.05, 0) is 88.8 Å². The summed E-state index contributed by atoms with van der Waals surface area (Å²) in [5, 5.41) is 0. The van der Waals surface area contributed by atoms with E-state index in [4.69, 9.17) is 4.74 Å². The van der Waals surface area contributed by atoms with Crippen molar-refractivity contribution in [3.05, 3.63) is 0 Å². The van der Waals surface area contributed by atoms with Crippen LogP contribution in [-0.4, -0.2) is 49.8 Å². The summed E-state index contributed by atoms with van der Waals surface area (Å²) in [5.41, 5.74) is -0.0200. The van der Waals surface area contributed by atoms with Crippen LogP contribution in [0.5, 0.6) is 0 Å². The molecule has 0 aliphatic heterocycles.